The quantitative estimate of drug-likeness (QED) is 0.450. The van der Waals surface area contributed by atoms with Gasteiger partial charge < -0.3 is 10.2 Å². The molecule has 184 valence electrons. The molecule has 1 unspecified atom stereocenters. The minimum atomic E-state index is -0.229. The van der Waals surface area contributed by atoms with E-state index in [0.29, 0.717) is 36.6 Å². The van der Waals surface area contributed by atoms with Crippen molar-refractivity contribution in [1.29, 1.82) is 0 Å². The van der Waals surface area contributed by atoms with E-state index in [1.807, 2.05) is 61.2 Å². The number of fused-ring (bicyclic) bond motifs is 1. The summed E-state index contributed by atoms with van der Waals surface area (Å²) in [5.41, 5.74) is 6.23. The van der Waals surface area contributed by atoms with Crippen LogP contribution in [0.2, 0.25) is 0 Å². The second kappa shape index (κ2) is 9.93. The molecule has 7 heteroatoms. The van der Waals surface area contributed by atoms with Crippen LogP contribution in [0.15, 0.2) is 65.6 Å². The molecule has 1 aliphatic rings. The minimum Gasteiger partial charge on any atom is -0.351 e. The van der Waals surface area contributed by atoms with Gasteiger partial charge in [0, 0.05) is 25.0 Å². The maximum atomic E-state index is 13.7. The Balaban J connectivity index is 1.44. The smallest absolute Gasteiger partial charge is 0.295 e. The van der Waals surface area contributed by atoms with Crippen LogP contribution in [0.5, 0.6) is 0 Å². The van der Waals surface area contributed by atoms with Gasteiger partial charge in [-0.1, -0.05) is 48.0 Å². The van der Waals surface area contributed by atoms with Gasteiger partial charge in [-0.25, -0.2) is 9.97 Å². The molecule has 2 aromatic heterocycles. The normalized spacial score (nSPS) is 15.8. The lowest BCUT2D eigenvalue weighted by Crippen LogP contribution is -2.44. The number of hydrogen-bond acceptors (Lipinski definition) is 5. The van der Waals surface area contributed by atoms with Gasteiger partial charge in [0.15, 0.2) is 11.5 Å². The average molecular weight is 482 g/mol. The van der Waals surface area contributed by atoms with Crippen molar-refractivity contribution in [2.75, 3.05) is 23.3 Å². The van der Waals surface area contributed by atoms with E-state index in [-0.39, 0.29) is 17.4 Å². The minimum absolute atomic E-state index is 0.0122. The molecule has 7 nitrogen and oxygen atoms in total. The lowest BCUT2D eigenvalue weighted by Gasteiger charge is -2.33. The Labute approximate surface area is 210 Å². The molecule has 0 saturated carbocycles. The van der Waals surface area contributed by atoms with Crippen LogP contribution in [0.4, 0.5) is 11.5 Å². The van der Waals surface area contributed by atoms with Crippen LogP contribution < -0.4 is 15.8 Å². The predicted molar refractivity (Wildman–Crippen MR) is 144 cm³/mol. The summed E-state index contributed by atoms with van der Waals surface area (Å²) < 4.78 is 1.69. The Kier molecular flexibility index (Phi) is 6.55. The summed E-state index contributed by atoms with van der Waals surface area (Å²) in [5.74, 6) is 0.140. The van der Waals surface area contributed by atoms with Gasteiger partial charge in [-0.2, -0.15) is 0 Å². The first-order valence-corrected chi connectivity index (χ1v) is 12.4. The van der Waals surface area contributed by atoms with E-state index in [9.17, 15) is 9.59 Å². The SMILES string of the molecule is Cc1cc(C)c(NC(=O)C2CCCN(c3nc4cccnc4n(Cc4ccccc4)c3=O)C2)c(C)c1. The van der Waals surface area contributed by atoms with Gasteiger partial charge in [-0.3, -0.25) is 14.2 Å². The predicted octanol–water partition coefficient (Wildman–Crippen LogP) is 4.62. The van der Waals surface area contributed by atoms with Crippen molar-refractivity contribution in [3.05, 3.63) is 93.4 Å². The van der Waals surface area contributed by atoms with Crippen LogP contribution in [0.3, 0.4) is 0 Å². The van der Waals surface area contributed by atoms with Gasteiger partial charge in [-0.05, 0) is 62.4 Å². The highest BCUT2D eigenvalue weighted by molar-refractivity contribution is 5.94. The number of rotatable bonds is 5. The molecule has 1 amide bonds. The number of piperidine rings is 1. The molecule has 1 aliphatic heterocycles. The molecular formula is C29H31N5O2. The summed E-state index contributed by atoms with van der Waals surface area (Å²) in [4.78, 5) is 38.1. The highest BCUT2D eigenvalue weighted by atomic mass is 16.2. The Bertz CT molecular complexity index is 1460. The van der Waals surface area contributed by atoms with Gasteiger partial charge >= 0.3 is 0 Å². The molecule has 0 spiro atoms. The summed E-state index contributed by atoms with van der Waals surface area (Å²) in [6, 6.07) is 17.7. The molecule has 1 atom stereocenters. The zero-order valence-corrected chi connectivity index (χ0v) is 21.0. The number of hydrogen-bond donors (Lipinski definition) is 1. The third kappa shape index (κ3) is 4.73. The first kappa shape index (κ1) is 23.7. The number of carbonyl (C=O) groups excluding carboxylic acids is 1. The van der Waals surface area contributed by atoms with Crippen LogP contribution in [0, 0.1) is 26.7 Å². The fourth-order valence-corrected chi connectivity index (χ4v) is 5.17. The van der Waals surface area contributed by atoms with Crippen molar-refractivity contribution in [1.82, 2.24) is 14.5 Å². The molecule has 1 saturated heterocycles. The number of carbonyl (C=O) groups is 1. The number of amides is 1. The zero-order chi connectivity index (χ0) is 25.2. The van der Waals surface area contributed by atoms with E-state index < -0.39 is 0 Å². The lowest BCUT2D eigenvalue weighted by atomic mass is 9.96. The van der Waals surface area contributed by atoms with Gasteiger partial charge in [-0.15, -0.1) is 0 Å². The molecule has 5 rings (SSSR count). The number of benzene rings is 2. The number of nitrogens with zero attached hydrogens (tertiary/aromatic N) is 4. The number of nitrogens with one attached hydrogen (secondary N) is 1. The zero-order valence-electron chi connectivity index (χ0n) is 21.0. The highest BCUT2D eigenvalue weighted by Crippen LogP contribution is 2.26. The fraction of sp³-hybridized carbons (Fsp3) is 0.310. The molecular weight excluding hydrogens is 450 g/mol. The lowest BCUT2D eigenvalue weighted by molar-refractivity contribution is -0.120. The molecule has 0 radical (unpaired) electrons. The Morgan fingerprint density at radius 3 is 2.56 bits per heavy atom. The largest absolute Gasteiger partial charge is 0.351 e. The van der Waals surface area contributed by atoms with Crippen molar-refractivity contribution in [3.8, 4) is 0 Å². The maximum absolute atomic E-state index is 13.7. The number of aromatic nitrogens is 3. The molecule has 0 bridgehead atoms. The summed E-state index contributed by atoms with van der Waals surface area (Å²) in [6.45, 7) is 7.64. The van der Waals surface area contributed by atoms with E-state index in [0.717, 1.165) is 35.2 Å². The van der Waals surface area contributed by atoms with Crippen LogP contribution in [0.25, 0.3) is 11.2 Å². The number of anilines is 2. The van der Waals surface area contributed by atoms with E-state index >= 15 is 0 Å². The first-order valence-electron chi connectivity index (χ1n) is 12.4. The third-order valence-corrected chi connectivity index (χ3v) is 6.88. The molecule has 4 aromatic rings. The monoisotopic (exact) mass is 481 g/mol. The van der Waals surface area contributed by atoms with E-state index in [4.69, 9.17) is 4.98 Å². The van der Waals surface area contributed by atoms with Gasteiger partial charge in [0.05, 0.1) is 12.5 Å². The van der Waals surface area contributed by atoms with E-state index in [2.05, 4.69) is 29.4 Å². The molecule has 36 heavy (non-hydrogen) atoms. The molecule has 3 heterocycles. The molecule has 1 N–H and O–H groups in total. The average Bonchev–Trinajstić information content (AvgIpc) is 2.88. The van der Waals surface area contributed by atoms with Crippen molar-refractivity contribution in [2.45, 2.75) is 40.2 Å². The summed E-state index contributed by atoms with van der Waals surface area (Å²) in [6.07, 6.45) is 3.27. The second-order valence-electron chi connectivity index (χ2n) is 9.71. The van der Waals surface area contributed by atoms with Gasteiger partial charge in [0.1, 0.15) is 5.52 Å². The second-order valence-corrected chi connectivity index (χ2v) is 9.71. The van der Waals surface area contributed by atoms with Crippen LogP contribution in [0.1, 0.15) is 35.1 Å². The van der Waals surface area contributed by atoms with Crippen molar-refractivity contribution < 1.29 is 4.79 Å². The summed E-state index contributed by atoms with van der Waals surface area (Å²) in [7, 11) is 0. The number of pyridine rings is 1. The van der Waals surface area contributed by atoms with Gasteiger partial charge in [0.2, 0.25) is 5.91 Å². The maximum Gasteiger partial charge on any atom is 0.295 e. The van der Waals surface area contributed by atoms with Crippen molar-refractivity contribution >= 4 is 28.6 Å². The fourth-order valence-electron chi connectivity index (χ4n) is 5.17. The molecule has 2 aromatic carbocycles. The van der Waals surface area contributed by atoms with Crippen LogP contribution in [-0.4, -0.2) is 33.5 Å². The van der Waals surface area contributed by atoms with Crippen molar-refractivity contribution in [2.24, 2.45) is 5.92 Å². The van der Waals surface area contributed by atoms with E-state index in [1.54, 1.807) is 10.8 Å². The molecule has 0 aliphatic carbocycles. The van der Waals surface area contributed by atoms with Crippen molar-refractivity contribution in [3.63, 3.8) is 0 Å². The summed E-state index contributed by atoms with van der Waals surface area (Å²) >= 11 is 0. The Hall–Kier alpha value is -4.00. The Morgan fingerprint density at radius 1 is 1.06 bits per heavy atom. The topological polar surface area (TPSA) is 80.1 Å². The third-order valence-electron chi connectivity index (χ3n) is 6.88. The first-order chi connectivity index (χ1) is 17.4. The Morgan fingerprint density at radius 2 is 1.81 bits per heavy atom. The number of aryl methyl sites for hydroxylation is 3. The molecule has 1 fully saturated rings. The summed E-state index contributed by atoms with van der Waals surface area (Å²) in [5, 5.41) is 3.16. The van der Waals surface area contributed by atoms with E-state index in [1.165, 1.54) is 5.56 Å². The standard InChI is InChI=1S/C29H31N5O2/c1-19-15-20(2)25(21(3)16-19)32-28(35)23-11-8-14-33(18-23)27-29(36)34(17-22-9-5-4-6-10-22)26-24(31-27)12-7-13-30-26/h4-7,9-10,12-13,15-16,23H,8,11,14,17-18H2,1-3H3,(H,32,35). The van der Waals surface area contributed by atoms with Crippen LogP contribution in [-0.2, 0) is 11.3 Å². The van der Waals surface area contributed by atoms with Crippen LogP contribution >= 0.6 is 0 Å². The highest BCUT2D eigenvalue weighted by Gasteiger charge is 2.29. The van der Waals surface area contributed by atoms with Gasteiger partial charge in [0.25, 0.3) is 5.56 Å².